The Bertz CT molecular complexity index is 3020. The highest BCUT2D eigenvalue weighted by atomic mass is 31.0. The lowest BCUT2D eigenvalue weighted by Crippen LogP contribution is -2.20. The average Bonchev–Trinajstić information content (AvgIpc) is 3.71. The number of rotatable bonds is 9. The molecule has 0 N–H and O–H groups in total. The molecule has 0 saturated carbocycles. The van der Waals surface area contributed by atoms with E-state index in [1.165, 1.54) is 72.4 Å². The molecule has 0 radical (unpaired) electrons. The monoisotopic (exact) mass is 806 g/mol. The van der Waals surface area contributed by atoms with Gasteiger partial charge in [-0.05, 0) is 160 Å². The molecule has 0 amide bonds. The first-order valence-electron chi connectivity index (χ1n) is 21.6. The summed E-state index contributed by atoms with van der Waals surface area (Å²) in [6, 6.07) is 51.4. The molecule has 10 rings (SSSR count). The number of benzene rings is 6. The van der Waals surface area contributed by atoms with Gasteiger partial charge in [-0.2, -0.15) is 0 Å². The van der Waals surface area contributed by atoms with Gasteiger partial charge in [0.25, 0.3) is 0 Å². The molecule has 1 aromatic heterocycles. The van der Waals surface area contributed by atoms with Gasteiger partial charge < -0.3 is 9.47 Å². The summed E-state index contributed by atoms with van der Waals surface area (Å²) in [6.45, 7) is 11.3. The molecular weight excluding hydrogens is 756 g/mol. The van der Waals surface area contributed by atoms with Gasteiger partial charge in [0.2, 0.25) is 0 Å². The van der Waals surface area contributed by atoms with Crippen LogP contribution in [0, 0.1) is 6.92 Å². The third kappa shape index (κ3) is 6.90. The normalized spacial score (nSPS) is 15.5. The van der Waals surface area contributed by atoms with E-state index in [9.17, 15) is 0 Å². The highest BCUT2D eigenvalue weighted by Gasteiger charge is 2.36. The van der Waals surface area contributed by atoms with Crippen LogP contribution in [0.15, 0.2) is 199 Å². The predicted molar refractivity (Wildman–Crippen MR) is 265 cm³/mol. The highest BCUT2D eigenvalue weighted by molar-refractivity contribution is 7.27. The Hall–Kier alpha value is -6.47. The molecule has 298 valence electrons. The standard InChI is InChI=1S/C58H51N2P/c1-5-40(50-21-13-15-23-57(50)61)37-56-39(2)49-20-12-14-22-55(49)60(56)47-31-29-46(30-32-47)59(45-27-24-43(25-28-45)41-16-8-6-9-17-41)48-33-35-52-51-34-26-44(42-18-10-7-11-19-42)36-53(51)58(3,4)54(52)38-48/h5,7-8,10-24,26-27,29-38H,1,6,9,25,28,61H2,2-4H3/b40-37+. The molecule has 7 aromatic rings. The molecule has 2 nitrogen and oxygen atoms in total. The molecule has 1 unspecified atom stereocenters. The van der Waals surface area contributed by atoms with Gasteiger partial charge >= 0.3 is 0 Å². The van der Waals surface area contributed by atoms with Gasteiger partial charge in [-0.25, -0.2) is 0 Å². The molecule has 0 saturated heterocycles. The van der Waals surface area contributed by atoms with Crippen LogP contribution in [0.5, 0.6) is 0 Å². The lowest BCUT2D eigenvalue weighted by molar-refractivity contribution is 0.660. The van der Waals surface area contributed by atoms with Crippen molar-refractivity contribution in [2.24, 2.45) is 0 Å². The second-order valence-corrected chi connectivity index (χ2v) is 17.7. The fourth-order valence-corrected chi connectivity index (χ4v) is 10.2. The number of hydrogen-bond acceptors (Lipinski definition) is 1. The number of allylic oxidation sites excluding steroid dienone is 10. The number of anilines is 2. The van der Waals surface area contributed by atoms with E-state index < -0.39 is 0 Å². The molecule has 61 heavy (non-hydrogen) atoms. The molecule has 1 heterocycles. The fourth-order valence-electron chi connectivity index (χ4n) is 9.84. The molecule has 0 bridgehead atoms. The Morgan fingerprint density at radius 3 is 2.18 bits per heavy atom. The van der Waals surface area contributed by atoms with Crippen LogP contribution in [0.2, 0.25) is 0 Å². The van der Waals surface area contributed by atoms with Gasteiger partial charge in [-0.3, -0.25) is 0 Å². The first-order valence-corrected chi connectivity index (χ1v) is 22.2. The van der Waals surface area contributed by atoms with Crippen LogP contribution in [0.25, 0.3) is 50.5 Å². The summed E-state index contributed by atoms with van der Waals surface area (Å²) in [6.07, 6.45) is 20.2. The van der Waals surface area contributed by atoms with E-state index in [1.807, 2.05) is 6.08 Å². The molecule has 1 atom stereocenters. The smallest absolute Gasteiger partial charge is 0.0537 e. The Morgan fingerprint density at radius 2 is 1.44 bits per heavy atom. The summed E-state index contributed by atoms with van der Waals surface area (Å²) in [5.41, 5.74) is 21.2. The van der Waals surface area contributed by atoms with Crippen LogP contribution in [0.1, 0.15) is 67.5 Å². The molecule has 3 heteroatoms. The summed E-state index contributed by atoms with van der Waals surface area (Å²) in [5.74, 6) is 0. The Balaban J connectivity index is 1.08. The third-order valence-electron chi connectivity index (χ3n) is 13.1. The maximum Gasteiger partial charge on any atom is 0.0537 e. The quantitative estimate of drug-likeness (QED) is 0.104. The minimum absolute atomic E-state index is 0.159. The average molecular weight is 807 g/mol. The van der Waals surface area contributed by atoms with E-state index in [4.69, 9.17) is 0 Å². The van der Waals surface area contributed by atoms with Crippen molar-refractivity contribution in [2.45, 2.75) is 51.9 Å². The summed E-state index contributed by atoms with van der Waals surface area (Å²) in [7, 11) is 2.89. The highest BCUT2D eigenvalue weighted by Crippen LogP contribution is 2.51. The third-order valence-corrected chi connectivity index (χ3v) is 13.6. The number of aryl methyl sites for hydroxylation is 1. The van der Waals surface area contributed by atoms with Crippen LogP contribution in [0.4, 0.5) is 11.4 Å². The van der Waals surface area contributed by atoms with Crippen molar-refractivity contribution >= 4 is 48.5 Å². The van der Waals surface area contributed by atoms with Crippen molar-refractivity contribution in [2.75, 3.05) is 4.90 Å². The van der Waals surface area contributed by atoms with Gasteiger partial charge in [0.05, 0.1) is 11.2 Å². The number of fused-ring (bicyclic) bond motifs is 4. The summed E-state index contributed by atoms with van der Waals surface area (Å²) >= 11 is 0. The van der Waals surface area contributed by atoms with Gasteiger partial charge in [0, 0.05) is 33.6 Å². The maximum absolute atomic E-state index is 4.25. The van der Waals surface area contributed by atoms with Gasteiger partial charge in [0.1, 0.15) is 0 Å². The van der Waals surface area contributed by atoms with E-state index in [0.29, 0.717) is 0 Å². The molecular formula is C58H51N2P. The van der Waals surface area contributed by atoms with E-state index >= 15 is 0 Å². The van der Waals surface area contributed by atoms with E-state index in [-0.39, 0.29) is 5.41 Å². The second kappa shape index (κ2) is 15.9. The zero-order valence-electron chi connectivity index (χ0n) is 35.3. The summed E-state index contributed by atoms with van der Waals surface area (Å²) in [5, 5.41) is 2.40. The Kier molecular flexibility index (Phi) is 10.1. The Morgan fingerprint density at radius 1 is 0.721 bits per heavy atom. The zero-order valence-corrected chi connectivity index (χ0v) is 36.5. The fraction of sp³-hybridized carbons (Fsp3) is 0.138. The largest absolute Gasteiger partial charge is 0.314 e. The summed E-state index contributed by atoms with van der Waals surface area (Å²) in [4.78, 5) is 2.50. The predicted octanol–water partition coefficient (Wildman–Crippen LogP) is 15.2. The van der Waals surface area contributed by atoms with Crippen molar-refractivity contribution in [3.63, 3.8) is 0 Å². The first kappa shape index (κ1) is 38.7. The molecule has 0 aliphatic heterocycles. The molecule has 0 fully saturated rings. The topological polar surface area (TPSA) is 8.17 Å². The number of para-hydroxylation sites is 1. The number of hydrogen-bond donors (Lipinski definition) is 0. The lowest BCUT2D eigenvalue weighted by Gasteiger charge is -2.31. The van der Waals surface area contributed by atoms with Gasteiger partial charge in [-0.1, -0.05) is 142 Å². The van der Waals surface area contributed by atoms with Gasteiger partial charge in [0.15, 0.2) is 0 Å². The molecule has 0 spiro atoms. The number of aromatic nitrogens is 1. The van der Waals surface area contributed by atoms with Crippen molar-refractivity contribution in [1.82, 2.24) is 4.57 Å². The van der Waals surface area contributed by atoms with Crippen molar-refractivity contribution in [3.05, 3.63) is 227 Å². The van der Waals surface area contributed by atoms with Crippen LogP contribution in [-0.4, -0.2) is 4.57 Å². The van der Waals surface area contributed by atoms with Crippen LogP contribution in [0.3, 0.4) is 0 Å². The zero-order chi connectivity index (χ0) is 41.7. The van der Waals surface area contributed by atoms with Crippen molar-refractivity contribution in [1.29, 1.82) is 0 Å². The maximum atomic E-state index is 4.25. The Labute approximate surface area is 363 Å². The van der Waals surface area contributed by atoms with Crippen LogP contribution >= 0.6 is 9.24 Å². The van der Waals surface area contributed by atoms with E-state index in [1.54, 1.807) is 0 Å². The SMILES string of the molecule is C=C/C(=C\c1c(C)c2ccccc2n1-c1ccc(N(C2=CC=C(C3=CCCC=C3)CC2)c2ccc3c(c2)C(C)(C)c2cc(-c4ccccc4)ccc2-3)cc1)c1ccccc1P. The lowest BCUT2D eigenvalue weighted by atomic mass is 9.81. The first-order chi connectivity index (χ1) is 29.8. The second-order valence-electron chi connectivity index (χ2n) is 17.1. The molecule has 3 aliphatic rings. The van der Waals surface area contributed by atoms with Crippen LogP contribution < -0.4 is 10.2 Å². The van der Waals surface area contributed by atoms with Crippen LogP contribution in [-0.2, 0) is 5.41 Å². The van der Waals surface area contributed by atoms with E-state index in [0.717, 1.165) is 59.2 Å². The van der Waals surface area contributed by atoms with Crippen molar-refractivity contribution < 1.29 is 0 Å². The number of nitrogens with zero attached hydrogens (tertiary/aromatic N) is 2. The minimum Gasteiger partial charge on any atom is -0.314 e. The minimum atomic E-state index is -0.159. The van der Waals surface area contributed by atoms with Crippen molar-refractivity contribution in [3.8, 4) is 27.9 Å². The molecule has 3 aliphatic carbocycles. The molecule has 6 aromatic carbocycles. The van der Waals surface area contributed by atoms with E-state index in [2.05, 4.69) is 222 Å². The van der Waals surface area contributed by atoms with Gasteiger partial charge in [-0.15, -0.1) is 9.24 Å². The summed E-state index contributed by atoms with van der Waals surface area (Å²) < 4.78 is 2.41.